The lowest BCUT2D eigenvalue weighted by Crippen LogP contribution is -2.36. The van der Waals surface area contributed by atoms with E-state index in [0.29, 0.717) is 6.54 Å². The summed E-state index contributed by atoms with van der Waals surface area (Å²) in [5, 5.41) is 3.85. The molecule has 0 fully saturated rings. The van der Waals surface area contributed by atoms with Crippen molar-refractivity contribution in [1.29, 1.82) is 0 Å². The molecule has 1 aromatic rings. The third-order valence-electron chi connectivity index (χ3n) is 2.96. The molecule has 0 heterocycles. The van der Waals surface area contributed by atoms with Crippen LogP contribution in [0.1, 0.15) is 32.3 Å². The van der Waals surface area contributed by atoms with Gasteiger partial charge in [-0.15, -0.1) is 0 Å². The number of nitrogens with zero attached hydrogens (tertiary/aromatic N) is 1. The van der Waals surface area contributed by atoms with Crippen molar-refractivity contribution in [3.63, 3.8) is 0 Å². The van der Waals surface area contributed by atoms with Gasteiger partial charge in [0.15, 0.2) is 0 Å². The molecule has 1 rings (SSSR count). The molecule has 0 saturated carbocycles. The Morgan fingerprint density at radius 1 is 1.26 bits per heavy atom. The standard InChI is InChI=1S/C15H23ClN2O/c1-4-8-18(9-5-2)15(19)11-17-13-7-6-12(3)14(16)10-13/h6-7,10,17H,4-5,8-9,11H2,1-3H3. The van der Waals surface area contributed by atoms with Crippen molar-refractivity contribution < 1.29 is 4.79 Å². The number of halogens is 1. The Hall–Kier alpha value is -1.22. The molecule has 0 atom stereocenters. The second-order valence-corrected chi connectivity index (χ2v) is 5.11. The number of anilines is 1. The predicted octanol–water partition coefficient (Wildman–Crippen LogP) is 3.71. The van der Waals surface area contributed by atoms with Gasteiger partial charge in [0.05, 0.1) is 6.54 Å². The van der Waals surface area contributed by atoms with Crippen LogP contribution >= 0.6 is 11.6 Å². The van der Waals surface area contributed by atoms with Crippen LogP contribution in [0.15, 0.2) is 18.2 Å². The van der Waals surface area contributed by atoms with Crippen molar-refractivity contribution in [2.24, 2.45) is 0 Å². The van der Waals surface area contributed by atoms with Crippen molar-refractivity contribution in [3.05, 3.63) is 28.8 Å². The monoisotopic (exact) mass is 282 g/mol. The molecule has 106 valence electrons. The van der Waals surface area contributed by atoms with Gasteiger partial charge in [-0.3, -0.25) is 4.79 Å². The molecule has 0 saturated heterocycles. The van der Waals surface area contributed by atoms with E-state index in [0.717, 1.165) is 42.2 Å². The van der Waals surface area contributed by atoms with Crippen LogP contribution in [0.5, 0.6) is 0 Å². The van der Waals surface area contributed by atoms with Crippen LogP contribution in [0.25, 0.3) is 0 Å². The number of nitrogens with one attached hydrogen (secondary N) is 1. The van der Waals surface area contributed by atoms with Crippen LogP contribution in [0.4, 0.5) is 5.69 Å². The lowest BCUT2D eigenvalue weighted by atomic mass is 10.2. The largest absolute Gasteiger partial charge is 0.376 e. The lowest BCUT2D eigenvalue weighted by molar-refractivity contribution is -0.129. The topological polar surface area (TPSA) is 32.3 Å². The van der Waals surface area contributed by atoms with E-state index < -0.39 is 0 Å². The highest BCUT2D eigenvalue weighted by Crippen LogP contribution is 2.19. The smallest absolute Gasteiger partial charge is 0.241 e. The maximum Gasteiger partial charge on any atom is 0.241 e. The first kappa shape index (κ1) is 15.8. The first-order chi connectivity index (χ1) is 9.08. The number of carbonyl (C=O) groups is 1. The van der Waals surface area contributed by atoms with Gasteiger partial charge in [0.25, 0.3) is 0 Å². The normalized spacial score (nSPS) is 10.3. The fourth-order valence-corrected chi connectivity index (χ4v) is 2.07. The molecule has 0 radical (unpaired) electrons. The molecule has 4 heteroatoms. The Labute approximate surface area is 120 Å². The Kier molecular flexibility index (Phi) is 6.71. The summed E-state index contributed by atoms with van der Waals surface area (Å²) in [5.74, 6) is 0.139. The van der Waals surface area contributed by atoms with Crippen LogP contribution in [-0.2, 0) is 4.79 Å². The van der Waals surface area contributed by atoms with E-state index in [2.05, 4.69) is 19.2 Å². The third-order valence-corrected chi connectivity index (χ3v) is 3.36. The number of benzene rings is 1. The maximum absolute atomic E-state index is 12.1. The van der Waals surface area contributed by atoms with E-state index in [9.17, 15) is 4.79 Å². The van der Waals surface area contributed by atoms with E-state index in [4.69, 9.17) is 11.6 Å². The van der Waals surface area contributed by atoms with Crippen molar-refractivity contribution in [3.8, 4) is 0 Å². The average Bonchev–Trinajstić information content (AvgIpc) is 2.39. The zero-order chi connectivity index (χ0) is 14.3. The highest BCUT2D eigenvalue weighted by Gasteiger charge is 2.11. The number of aryl methyl sites for hydroxylation is 1. The van der Waals surface area contributed by atoms with Gasteiger partial charge < -0.3 is 10.2 Å². The number of carbonyl (C=O) groups excluding carboxylic acids is 1. The molecule has 19 heavy (non-hydrogen) atoms. The average molecular weight is 283 g/mol. The van der Waals surface area contributed by atoms with Gasteiger partial charge in [0.1, 0.15) is 0 Å². The van der Waals surface area contributed by atoms with Gasteiger partial charge in [0, 0.05) is 23.8 Å². The highest BCUT2D eigenvalue weighted by atomic mass is 35.5. The van der Waals surface area contributed by atoms with E-state index in [1.165, 1.54) is 0 Å². The van der Waals surface area contributed by atoms with Crippen molar-refractivity contribution in [2.75, 3.05) is 25.0 Å². The number of hydrogen-bond acceptors (Lipinski definition) is 2. The van der Waals surface area contributed by atoms with Crippen LogP contribution in [0.3, 0.4) is 0 Å². The minimum Gasteiger partial charge on any atom is -0.376 e. The second-order valence-electron chi connectivity index (χ2n) is 4.70. The zero-order valence-corrected chi connectivity index (χ0v) is 12.8. The molecule has 1 N–H and O–H groups in total. The summed E-state index contributed by atoms with van der Waals surface area (Å²) in [7, 11) is 0. The summed E-state index contributed by atoms with van der Waals surface area (Å²) in [6, 6.07) is 5.75. The summed E-state index contributed by atoms with van der Waals surface area (Å²) < 4.78 is 0. The SMILES string of the molecule is CCCN(CCC)C(=O)CNc1ccc(C)c(Cl)c1. The molecule has 1 amide bonds. The minimum absolute atomic E-state index is 0.139. The summed E-state index contributed by atoms with van der Waals surface area (Å²) in [6.07, 6.45) is 1.98. The molecule has 0 unspecified atom stereocenters. The molecule has 0 aromatic heterocycles. The maximum atomic E-state index is 12.1. The fraction of sp³-hybridized carbons (Fsp3) is 0.533. The molecule has 0 spiro atoms. The Bertz CT molecular complexity index is 415. The summed E-state index contributed by atoms with van der Waals surface area (Å²) >= 11 is 6.06. The van der Waals surface area contributed by atoms with Crippen LogP contribution in [0.2, 0.25) is 5.02 Å². The molecule has 0 aliphatic carbocycles. The van der Waals surface area contributed by atoms with Crippen LogP contribution in [0, 0.1) is 6.92 Å². The third kappa shape index (κ3) is 5.11. The van der Waals surface area contributed by atoms with Gasteiger partial charge in [0.2, 0.25) is 5.91 Å². The number of hydrogen-bond donors (Lipinski definition) is 1. The quantitative estimate of drug-likeness (QED) is 0.827. The summed E-state index contributed by atoms with van der Waals surface area (Å²) in [6.45, 7) is 8.10. The Balaban J connectivity index is 2.54. The van der Waals surface area contributed by atoms with Crippen molar-refractivity contribution in [1.82, 2.24) is 4.90 Å². The molecule has 0 aliphatic heterocycles. The predicted molar refractivity (Wildman–Crippen MR) is 81.8 cm³/mol. The van der Waals surface area contributed by atoms with Gasteiger partial charge in [-0.2, -0.15) is 0 Å². The molecule has 1 aromatic carbocycles. The molecular formula is C15H23ClN2O. The van der Waals surface area contributed by atoms with Crippen LogP contribution < -0.4 is 5.32 Å². The molecule has 0 aliphatic rings. The highest BCUT2D eigenvalue weighted by molar-refractivity contribution is 6.31. The van der Waals surface area contributed by atoms with E-state index in [1.807, 2.05) is 30.0 Å². The molecule has 0 bridgehead atoms. The first-order valence-corrected chi connectivity index (χ1v) is 7.24. The van der Waals surface area contributed by atoms with Gasteiger partial charge >= 0.3 is 0 Å². The van der Waals surface area contributed by atoms with Gasteiger partial charge in [-0.05, 0) is 37.5 Å². The van der Waals surface area contributed by atoms with Gasteiger partial charge in [-0.25, -0.2) is 0 Å². The fourth-order valence-electron chi connectivity index (χ4n) is 1.89. The first-order valence-electron chi connectivity index (χ1n) is 6.86. The Morgan fingerprint density at radius 2 is 1.89 bits per heavy atom. The number of amides is 1. The zero-order valence-electron chi connectivity index (χ0n) is 12.0. The van der Waals surface area contributed by atoms with E-state index in [1.54, 1.807) is 0 Å². The number of rotatable bonds is 7. The van der Waals surface area contributed by atoms with E-state index >= 15 is 0 Å². The molecular weight excluding hydrogens is 260 g/mol. The molecule has 3 nitrogen and oxygen atoms in total. The minimum atomic E-state index is 0.139. The van der Waals surface area contributed by atoms with Crippen molar-refractivity contribution in [2.45, 2.75) is 33.6 Å². The Morgan fingerprint density at radius 3 is 2.42 bits per heavy atom. The van der Waals surface area contributed by atoms with Crippen LogP contribution in [-0.4, -0.2) is 30.4 Å². The second kappa shape index (κ2) is 8.05. The summed E-state index contributed by atoms with van der Waals surface area (Å²) in [5.41, 5.74) is 1.93. The lowest BCUT2D eigenvalue weighted by Gasteiger charge is -2.22. The van der Waals surface area contributed by atoms with Crippen molar-refractivity contribution >= 4 is 23.2 Å². The van der Waals surface area contributed by atoms with Gasteiger partial charge in [-0.1, -0.05) is 31.5 Å². The van der Waals surface area contributed by atoms with E-state index in [-0.39, 0.29) is 5.91 Å². The summed E-state index contributed by atoms with van der Waals surface area (Å²) in [4.78, 5) is 14.0.